The van der Waals surface area contributed by atoms with E-state index in [1.54, 1.807) is 0 Å². The largest absolute Gasteiger partial charge is 0.341 e. The van der Waals surface area contributed by atoms with E-state index in [2.05, 4.69) is 10.2 Å². The van der Waals surface area contributed by atoms with Crippen LogP contribution >= 0.6 is 0 Å². The van der Waals surface area contributed by atoms with Crippen molar-refractivity contribution in [3.05, 3.63) is 0 Å². The van der Waals surface area contributed by atoms with Gasteiger partial charge < -0.3 is 15.1 Å². The number of nitrogens with one attached hydrogen (secondary N) is 1. The van der Waals surface area contributed by atoms with Gasteiger partial charge >= 0.3 is 0 Å². The van der Waals surface area contributed by atoms with Gasteiger partial charge in [-0.05, 0) is 45.3 Å². The number of hydrogen-bond donors (Lipinski definition) is 1. The van der Waals surface area contributed by atoms with E-state index < -0.39 is 0 Å². The molecule has 2 aliphatic heterocycles. The molecule has 1 atom stereocenters. The van der Waals surface area contributed by atoms with Crippen LogP contribution in [0.15, 0.2) is 0 Å². The van der Waals surface area contributed by atoms with Crippen LogP contribution in [0.25, 0.3) is 0 Å². The minimum absolute atomic E-state index is 0.256. The van der Waals surface area contributed by atoms with Crippen LogP contribution in [0.2, 0.25) is 0 Å². The summed E-state index contributed by atoms with van der Waals surface area (Å²) in [5.41, 5.74) is 0. The van der Waals surface area contributed by atoms with Crippen molar-refractivity contribution in [2.24, 2.45) is 5.92 Å². The van der Waals surface area contributed by atoms with Crippen LogP contribution < -0.4 is 5.32 Å². The van der Waals surface area contributed by atoms with Crippen molar-refractivity contribution in [1.82, 2.24) is 15.1 Å². The van der Waals surface area contributed by atoms with Gasteiger partial charge in [-0.3, -0.25) is 4.79 Å². The van der Waals surface area contributed by atoms with Crippen molar-refractivity contribution in [3.63, 3.8) is 0 Å². The SMILES string of the molecule is CNCC(=O)N1CCC(CN2CCCC2)C1. The summed E-state index contributed by atoms with van der Waals surface area (Å²) in [6.07, 6.45) is 3.90. The van der Waals surface area contributed by atoms with Crippen molar-refractivity contribution in [3.8, 4) is 0 Å². The molecule has 0 spiro atoms. The highest BCUT2D eigenvalue weighted by molar-refractivity contribution is 5.78. The summed E-state index contributed by atoms with van der Waals surface area (Å²) in [5.74, 6) is 0.963. The van der Waals surface area contributed by atoms with Crippen LogP contribution in [0.1, 0.15) is 19.3 Å². The maximum Gasteiger partial charge on any atom is 0.236 e. The second-order valence-corrected chi connectivity index (χ2v) is 5.03. The van der Waals surface area contributed by atoms with Crippen molar-refractivity contribution in [1.29, 1.82) is 0 Å². The zero-order chi connectivity index (χ0) is 11.4. The van der Waals surface area contributed by atoms with Gasteiger partial charge in [-0.1, -0.05) is 0 Å². The second-order valence-electron chi connectivity index (χ2n) is 5.03. The maximum absolute atomic E-state index is 11.7. The third-order valence-electron chi connectivity index (χ3n) is 3.68. The van der Waals surface area contributed by atoms with Crippen LogP contribution in [0, 0.1) is 5.92 Å². The number of hydrogen-bond acceptors (Lipinski definition) is 3. The molecule has 92 valence electrons. The molecule has 0 aromatic heterocycles. The molecule has 0 radical (unpaired) electrons. The molecule has 2 aliphatic rings. The molecule has 1 N–H and O–H groups in total. The maximum atomic E-state index is 11.7. The number of carbonyl (C=O) groups is 1. The topological polar surface area (TPSA) is 35.6 Å². The minimum Gasteiger partial charge on any atom is -0.341 e. The average Bonchev–Trinajstić information content (AvgIpc) is 2.90. The molecule has 1 unspecified atom stereocenters. The van der Waals surface area contributed by atoms with Crippen LogP contribution in [0.3, 0.4) is 0 Å². The second kappa shape index (κ2) is 5.64. The van der Waals surface area contributed by atoms with Crippen molar-refractivity contribution >= 4 is 5.91 Å². The Morgan fingerprint density at radius 1 is 1.31 bits per heavy atom. The number of nitrogens with zero attached hydrogens (tertiary/aromatic N) is 2. The van der Waals surface area contributed by atoms with E-state index in [1.807, 2.05) is 11.9 Å². The van der Waals surface area contributed by atoms with Crippen LogP contribution in [-0.4, -0.2) is 62.0 Å². The van der Waals surface area contributed by atoms with Gasteiger partial charge in [0.1, 0.15) is 0 Å². The molecule has 4 heteroatoms. The Kier molecular flexibility index (Phi) is 4.18. The first kappa shape index (κ1) is 11.9. The van der Waals surface area contributed by atoms with E-state index in [1.165, 1.54) is 38.9 Å². The quantitative estimate of drug-likeness (QED) is 0.740. The lowest BCUT2D eigenvalue weighted by Gasteiger charge is -2.20. The van der Waals surface area contributed by atoms with Gasteiger partial charge in [-0.25, -0.2) is 0 Å². The lowest BCUT2D eigenvalue weighted by molar-refractivity contribution is -0.129. The molecular weight excluding hydrogens is 202 g/mol. The Morgan fingerprint density at radius 3 is 2.75 bits per heavy atom. The van der Waals surface area contributed by atoms with Gasteiger partial charge in [-0.2, -0.15) is 0 Å². The number of likely N-dealkylation sites (N-methyl/N-ethyl adjacent to an activating group) is 1. The summed E-state index contributed by atoms with van der Waals surface area (Å²) in [6.45, 7) is 6.14. The number of rotatable bonds is 4. The molecule has 2 rings (SSSR count). The van der Waals surface area contributed by atoms with E-state index in [4.69, 9.17) is 0 Å². The lowest BCUT2D eigenvalue weighted by Crippen LogP contribution is -2.36. The first-order valence-electron chi connectivity index (χ1n) is 6.44. The van der Waals surface area contributed by atoms with Crippen molar-refractivity contribution in [2.45, 2.75) is 19.3 Å². The van der Waals surface area contributed by atoms with Crippen LogP contribution in [0.5, 0.6) is 0 Å². The highest BCUT2D eigenvalue weighted by atomic mass is 16.2. The zero-order valence-electron chi connectivity index (χ0n) is 10.2. The predicted molar refractivity (Wildman–Crippen MR) is 64.3 cm³/mol. The summed E-state index contributed by atoms with van der Waals surface area (Å²) in [7, 11) is 1.83. The van der Waals surface area contributed by atoms with E-state index in [0.29, 0.717) is 12.5 Å². The molecule has 0 aromatic carbocycles. The Morgan fingerprint density at radius 2 is 2.06 bits per heavy atom. The van der Waals surface area contributed by atoms with E-state index in [-0.39, 0.29) is 5.91 Å². The van der Waals surface area contributed by atoms with Crippen LogP contribution in [-0.2, 0) is 4.79 Å². The average molecular weight is 225 g/mol. The smallest absolute Gasteiger partial charge is 0.236 e. The number of carbonyl (C=O) groups excluding carboxylic acids is 1. The number of likely N-dealkylation sites (tertiary alicyclic amines) is 2. The zero-order valence-corrected chi connectivity index (χ0v) is 10.2. The Hall–Kier alpha value is -0.610. The Bertz CT molecular complexity index is 238. The fourth-order valence-corrected chi connectivity index (χ4v) is 2.80. The van der Waals surface area contributed by atoms with E-state index in [9.17, 15) is 4.79 Å². The molecule has 1 amide bonds. The standard InChI is InChI=1S/C12H23N3O/c1-13-8-12(16)15-7-4-11(10-15)9-14-5-2-3-6-14/h11,13H,2-10H2,1H3. The molecule has 0 aromatic rings. The molecule has 2 fully saturated rings. The fraction of sp³-hybridized carbons (Fsp3) is 0.917. The predicted octanol–water partition coefficient (Wildman–Crippen LogP) is 0.150. The van der Waals surface area contributed by atoms with Gasteiger partial charge in [0.15, 0.2) is 0 Å². The monoisotopic (exact) mass is 225 g/mol. The number of amides is 1. The highest BCUT2D eigenvalue weighted by Gasteiger charge is 2.27. The van der Waals surface area contributed by atoms with Crippen molar-refractivity contribution < 1.29 is 4.79 Å². The third kappa shape index (κ3) is 2.95. The highest BCUT2D eigenvalue weighted by Crippen LogP contribution is 2.19. The normalized spacial score (nSPS) is 26.6. The van der Waals surface area contributed by atoms with E-state index in [0.717, 1.165) is 13.1 Å². The first-order chi connectivity index (χ1) is 7.79. The molecule has 16 heavy (non-hydrogen) atoms. The molecular formula is C12H23N3O. The van der Waals surface area contributed by atoms with E-state index >= 15 is 0 Å². The summed E-state index contributed by atoms with van der Waals surface area (Å²) in [5, 5.41) is 2.93. The molecule has 2 saturated heterocycles. The fourth-order valence-electron chi connectivity index (χ4n) is 2.80. The van der Waals surface area contributed by atoms with Gasteiger partial charge in [0.2, 0.25) is 5.91 Å². The first-order valence-corrected chi connectivity index (χ1v) is 6.44. The Labute approximate surface area is 98.0 Å². The van der Waals surface area contributed by atoms with Gasteiger partial charge in [0.05, 0.1) is 6.54 Å². The van der Waals surface area contributed by atoms with Gasteiger partial charge in [0, 0.05) is 19.6 Å². The summed E-state index contributed by atoms with van der Waals surface area (Å²) in [4.78, 5) is 16.2. The summed E-state index contributed by atoms with van der Waals surface area (Å²) >= 11 is 0. The van der Waals surface area contributed by atoms with Gasteiger partial charge in [0.25, 0.3) is 0 Å². The van der Waals surface area contributed by atoms with Crippen molar-refractivity contribution in [2.75, 3.05) is 46.3 Å². The molecule has 0 bridgehead atoms. The third-order valence-corrected chi connectivity index (χ3v) is 3.68. The summed E-state index contributed by atoms with van der Waals surface area (Å²) < 4.78 is 0. The molecule has 4 nitrogen and oxygen atoms in total. The molecule has 0 aliphatic carbocycles. The summed E-state index contributed by atoms with van der Waals surface area (Å²) in [6, 6.07) is 0. The van der Waals surface area contributed by atoms with Crippen LogP contribution in [0.4, 0.5) is 0 Å². The molecule has 2 heterocycles. The Balaban J connectivity index is 1.72. The molecule has 0 saturated carbocycles. The van der Waals surface area contributed by atoms with Gasteiger partial charge in [-0.15, -0.1) is 0 Å². The lowest BCUT2D eigenvalue weighted by atomic mass is 10.1. The minimum atomic E-state index is 0.256.